The van der Waals surface area contributed by atoms with Crippen LogP contribution >= 0.6 is 23.3 Å². The fraction of sp³-hybridized carbons (Fsp3) is 0.200. The maximum atomic E-state index is 11.4. The predicted octanol–water partition coefficient (Wildman–Crippen LogP) is 1.98. The second-order valence-corrected chi connectivity index (χ2v) is 7.74. The SMILES string of the molecule is Cc1nsc(Sc2ccc(S(C)(=O)=O)cc2N)n1. The van der Waals surface area contributed by atoms with Crippen LogP contribution in [0.2, 0.25) is 0 Å². The van der Waals surface area contributed by atoms with E-state index in [1.165, 1.54) is 29.4 Å². The van der Waals surface area contributed by atoms with E-state index in [9.17, 15) is 8.42 Å². The molecule has 1 aromatic carbocycles. The lowest BCUT2D eigenvalue weighted by atomic mass is 10.3. The van der Waals surface area contributed by atoms with Crippen LogP contribution in [0.1, 0.15) is 5.82 Å². The minimum absolute atomic E-state index is 0.220. The number of benzene rings is 1. The molecule has 0 radical (unpaired) electrons. The molecular formula is C10H11N3O2S3. The monoisotopic (exact) mass is 301 g/mol. The molecule has 1 aromatic heterocycles. The third-order valence-corrected chi connectivity index (χ3v) is 5.16. The van der Waals surface area contributed by atoms with E-state index in [2.05, 4.69) is 9.36 Å². The Balaban J connectivity index is 2.31. The smallest absolute Gasteiger partial charge is 0.175 e. The highest BCUT2D eigenvalue weighted by Gasteiger charge is 2.11. The Kier molecular flexibility index (Phi) is 3.60. The van der Waals surface area contributed by atoms with Gasteiger partial charge in [-0.3, -0.25) is 0 Å². The number of anilines is 1. The van der Waals surface area contributed by atoms with E-state index >= 15 is 0 Å². The minimum Gasteiger partial charge on any atom is -0.398 e. The molecule has 8 heteroatoms. The largest absolute Gasteiger partial charge is 0.398 e. The van der Waals surface area contributed by atoms with Crippen LogP contribution in [0.15, 0.2) is 32.3 Å². The summed E-state index contributed by atoms with van der Waals surface area (Å²) in [7, 11) is -3.23. The summed E-state index contributed by atoms with van der Waals surface area (Å²) in [5, 5.41) is 0. The van der Waals surface area contributed by atoms with Gasteiger partial charge in [-0.2, -0.15) is 4.37 Å². The molecular weight excluding hydrogens is 290 g/mol. The van der Waals surface area contributed by atoms with E-state index < -0.39 is 9.84 Å². The van der Waals surface area contributed by atoms with Crippen LogP contribution in [-0.4, -0.2) is 24.0 Å². The molecule has 18 heavy (non-hydrogen) atoms. The van der Waals surface area contributed by atoms with E-state index in [0.717, 1.165) is 15.5 Å². The molecule has 0 aliphatic heterocycles. The Labute approximate surface area is 114 Å². The van der Waals surface area contributed by atoms with Gasteiger partial charge in [-0.15, -0.1) is 0 Å². The highest BCUT2D eigenvalue weighted by atomic mass is 32.2. The molecule has 0 saturated heterocycles. The zero-order valence-electron chi connectivity index (χ0n) is 9.75. The molecule has 0 aliphatic rings. The Morgan fingerprint density at radius 2 is 2.11 bits per heavy atom. The predicted molar refractivity (Wildman–Crippen MR) is 72.7 cm³/mol. The normalized spacial score (nSPS) is 11.7. The van der Waals surface area contributed by atoms with Crippen LogP contribution in [0.3, 0.4) is 0 Å². The van der Waals surface area contributed by atoms with E-state index in [1.807, 2.05) is 6.92 Å². The van der Waals surface area contributed by atoms with E-state index in [4.69, 9.17) is 5.73 Å². The topological polar surface area (TPSA) is 85.9 Å². The Morgan fingerprint density at radius 1 is 1.39 bits per heavy atom. The summed E-state index contributed by atoms with van der Waals surface area (Å²) in [4.78, 5) is 5.21. The lowest BCUT2D eigenvalue weighted by Crippen LogP contribution is -1.99. The average molecular weight is 301 g/mol. The molecule has 96 valence electrons. The van der Waals surface area contributed by atoms with Crippen LogP contribution in [0.4, 0.5) is 5.69 Å². The van der Waals surface area contributed by atoms with Gasteiger partial charge in [-0.25, -0.2) is 13.4 Å². The number of aromatic nitrogens is 2. The van der Waals surface area contributed by atoms with Gasteiger partial charge < -0.3 is 5.73 Å². The summed E-state index contributed by atoms with van der Waals surface area (Å²) < 4.78 is 27.6. The highest BCUT2D eigenvalue weighted by molar-refractivity contribution is 8.01. The Morgan fingerprint density at radius 3 is 2.61 bits per heavy atom. The van der Waals surface area contributed by atoms with Crippen molar-refractivity contribution >= 4 is 38.8 Å². The van der Waals surface area contributed by atoms with Gasteiger partial charge in [-0.05, 0) is 36.7 Å². The molecule has 0 bridgehead atoms. The van der Waals surface area contributed by atoms with Crippen molar-refractivity contribution in [2.75, 3.05) is 12.0 Å². The number of sulfone groups is 1. The van der Waals surface area contributed by atoms with Gasteiger partial charge in [0.15, 0.2) is 14.2 Å². The van der Waals surface area contributed by atoms with Gasteiger partial charge in [0.1, 0.15) is 5.82 Å². The molecule has 2 aromatic rings. The van der Waals surface area contributed by atoms with Crippen molar-refractivity contribution in [1.82, 2.24) is 9.36 Å². The molecule has 0 aliphatic carbocycles. The Bertz CT molecular complexity index is 679. The van der Waals surface area contributed by atoms with Crippen LogP contribution < -0.4 is 5.73 Å². The average Bonchev–Trinajstić information content (AvgIpc) is 2.65. The number of aryl methyl sites for hydroxylation is 1. The number of nitrogens with two attached hydrogens (primary N) is 1. The summed E-state index contributed by atoms with van der Waals surface area (Å²) in [6.07, 6.45) is 1.16. The summed E-state index contributed by atoms with van der Waals surface area (Å²) in [5.74, 6) is 0.717. The van der Waals surface area contributed by atoms with Crippen molar-refractivity contribution in [3.63, 3.8) is 0 Å². The van der Waals surface area contributed by atoms with Gasteiger partial charge in [0.05, 0.1) is 4.90 Å². The summed E-state index contributed by atoms with van der Waals surface area (Å²) in [5.41, 5.74) is 6.27. The fourth-order valence-corrected chi connectivity index (χ4v) is 3.55. The summed E-state index contributed by atoms with van der Waals surface area (Å²) in [6, 6.07) is 4.70. The zero-order valence-corrected chi connectivity index (χ0v) is 12.2. The first-order valence-electron chi connectivity index (χ1n) is 4.94. The maximum Gasteiger partial charge on any atom is 0.175 e. The third-order valence-electron chi connectivity index (χ3n) is 2.12. The maximum absolute atomic E-state index is 11.4. The lowest BCUT2D eigenvalue weighted by Gasteiger charge is -2.05. The molecule has 1 heterocycles. The number of nitrogen functional groups attached to an aromatic ring is 1. The first-order valence-corrected chi connectivity index (χ1v) is 8.42. The van der Waals surface area contributed by atoms with Crippen LogP contribution in [-0.2, 0) is 9.84 Å². The van der Waals surface area contributed by atoms with E-state index in [0.29, 0.717) is 11.5 Å². The summed E-state index contributed by atoms with van der Waals surface area (Å²) in [6.45, 7) is 1.82. The number of hydrogen-bond acceptors (Lipinski definition) is 7. The molecule has 0 spiro atoms. The standard InChI is InChI=1S/C10H11N3O2S3/c1-6-12-10(17-13-6)16-9-4-3-7(5-8(9)11)18(2,14)15/h3-5H,11H2,1-2H3. The molecule has 0 unspecified atom stereocenters. The molecule has 0 saturated carbocycles. The highest BCUT2D eigenvalue weighted by Crippen LogP contribution is 2.34. The number of hydrogen-bond donors (Lipinski definition) is 1. The molecule has 2 N–H and O–H groups in total. The molecule has 5 nitrogen and oxygen atoms in total. The van der Waals surface area contributed by atoms with Crippen molar-refractivity contribution in [2.24, 2.45) is 0 Å². The fourth-order valence-electron chi connectivity index (χ4n) is 1.26. The first kappa shape index (κ1) is 13.3. The first-order chi connectivity index (χ1) is 8.36. The number of rotatable bonds is 3. The quantitative estimate of drug-likeness (QED) is 0.872. The van der Waals surface area contributed by atoms with Crippen LogP contribution in [0.25, 0.3) is 0 Å². The lowest BCUT2D eigenvalue weighted by molar-refractivity contribution is 0.602. The molecule has 0 amide bonds. The third kappa shape index (κ3) is 3.01. The van der Waals surface area contributed by atoms with Crippen LogP contribution in [0, 0.1) is 6.92 Å². The van der Waals surface area contributed by atoms with Gasteiger partial charge in [0, 0.05) is 16.8 Å². The Hall–Kier alpha value is -1.12. The molecule has 0 fully saturated rings. The second-order valence-electron chi connectivity index (χ2n) is 3.68. The van der Waals surface area contributed by atoms with Crippen molar-refractivity contribution in [3.8, 4) is 0 Å². The number of nitrogens with zero attached hydrogens (tertiary/aromatic N) is 2. The van der Waals surface area contributed by atoms with Crippen LogP contribution in [0.5, 0.6) is 0 Å². The van der Waals surface area contributed by atoms with Crippen molar-refractivity contribution in [3.05, 3.63) is 24.0 Å². The van der Waals surface area contributed by atoms with Gasteiger partial charge in [0.2, 0.25) is 0 Å². The van der Waals surface area contributed by atoms with Crippen molar-refractivity contribution in [1.29, 1.82) is 0 Å². The van der Waals surface area contributed by atoms with Crippen molar-refractivity contribution < 1.29 is 8.42 Å². The summed E-state index contributed by atoms with van der Waals surface area (Å²) >= 11 is 2.67. The van der Waals surface area contributed by atoms with Gasteiger partial charge in [0.25, 0.3) is 0 Å². The van der Waals surface area contributed by atoms with E-state index in [-0.39, 0.29) is 4.90 Å². The zero-order chi connectivity index (χ0) is 13.3. The molecule has 0 atom stereocenters. The second kappa shape index (κ2) is 4.87. The molecule has 2 rings (SSSR count). The van der Waals surface area contributed by atoms with Gasteiger partial charge in [-0.1, -0.05) is 11.8 Å². The van der Waals surface area contributed by atoms with E-state index in [1.54, 1.807) is 12.1 Å². The minimum atomic E-state index is -3.23. The van der Waals surface area contributed by atoms with Gasteiger partial charge >= 0.3 is 0 Å². The van der Waals surface area contributed by atoms with Crippen molar-refractivity contribution in [2.45, 2.75) is 21.1 Å².